The van der Waals surface area contributed by atoms with Crippen LogP contribution < -0.4 is 10.2 Å². The zero-order valence-electron chi connectivity index (χ0n) is 13.3. The van der Waals surface area contributed by atoms with Crippen LogP contribution in [0.2, 0.25) is 0 Å². The van der Waals surface area contributed by atoms with Gasteiger partial charge < -0.3 is 10.2 Å². The Morgan fingerprint density at radius 2 is 1.91 bits per heavy atom. The average Bonchev–Trinajstić information content (AvgIpc) is 2.57. The van der Waals surface area contributed by atoms with Crippen LogP contribution >= 0.6 is 0 Å². The molecule has 1 aromatic heterocycles. The van der Waals surface area contributed by atoms with Crippen molar-refractivity contribution in [3.8, 4) is 0 Å². The molecule has 0 aliphatic rings. The number of carbonyl (C=O) groups is 1. The Morgan fingerprint density at radius 1 is 1.18 bits per heavy atom. The Kier molecular flexibility index (Phi) is 5.47. The molecular formula is C17H22N4O. The van der Waals surface area contributed by atoms with Gasteiger partial charge >= 0.3 is 0 Å². The van der Waals surface area contributed by atoms with Gasteiger partial charge in [0.15, 0.2) is 0 Å². The van der Waals surface area contributed by atoms with Crippen molar-refractivity contribution in [3.05, 3.63) is 48.4 Å². The monoisotopic (exact) mass is 298 g/mol. The van der Waals surface area contributed by atoms with Gasteiger partial charge in [-0.25, -0.2) is 9.97 Å². The lowest BCUT2D eigenvalue weighted by Gasteiger charge is -2.20. The van der Waals surface area contributed by atoms with Crippen LogP contribution in [0, 0.1) is 0 Å². The third kappa shape index (κ3) is 3.81. The Labute approximate surface area is 131 Å². The van der Waals surface area contributed by atoms with E-state index in [-0.39, 0.29) is 5.91 Å². The van der Waals surface area contributed by atoms with Crippen LogP contribution in [0.4, 0.5) is 11.5 Å². The highest BCUT2D eigenvalue weighted by molar-refractivity contribution is 6.04. The van der Waals surface area contributed by atoms with Crippen molar-refractivity contribution in [2.45, 2.75) is 33.2 Å². The highest BCUT2D eigenvalue weighted by Crippen LogP contribution is 2.16. The van der Waals surface area contributed by atoms with E-state index in [9.17, 15) is 4.79 Å². The van der Waals surface area contributed by atoms with Gasteiger partial charge in [-0.05, 0) is 32.4 Å². The van der Waals surface area contributed by atoms with Crippen molar-refractivity contribution in [2.24, 2.45) is 0 Å². The van der Waals surface area contributed by atoms with E-state index < -0.39 is 0 Å². The number of aromatic nitrogens is 2. The lowest BCUT2D eigenvalue weighted by Crippen LogP contribution is -2.31. The first-order chi connectivity index (χ1) is 10.7. The topological polar surface area (TPSA) is 58.1 Å². The second-order valence-corrected chi connectivity index (χ2v) is 5.13. The van der Waals surface area contributed by atoms with Crippen LogP contribution in [-0.4, -0.2) is 28.5 Å². The largest absolute Gasteiger partial charge is 0.366 e. The number of benzene rings is 1. The summed E-state index contributed by atoms with van der Waals surface area (Å²) in [5, 5.41) is 3.23. The molecule has 0 saturated carbocycles. The van der Waals surface area contributed by atoms with Crippen molar-refractivity contribution in [3.63, 3.8) is 0 Å². The van der Waals surface area contributed by atoms with Gasteiger partial charge in [-0.15, -0.1) is 0 Å². The van der Waals surface area contributed by atoms with Gasteiger partial charge in [0.25, 0.3) is 5.91 Å². The Hall–Kier alpha value is -2.43. The fourth-order valence-electron chi connectivity index (χ4n) is 2.06. The molecule has 0 bridgehead atoms. The summed E-state index contributed by atoms with van der Waals surface area (Å²) in [6, 6.07) is 9.90. The van der Waals surface area contributed by atoms with E-state index >= 15 is 0 Å². The van der Waals surface area contributed by atoms with Gasteiger partial charge in [0.1, 0.15) is 11.5 Å². The molecule has 5 nitrogen and oxygen atoms in total. The van der Waals surface area contributed by atoms with Crippen LogP contribution in [0.25, 0.3) is 0 Å². The highest BCUT2D eigenvalue weighted by Gasteiger charge is 2.17. The van der Waals surface area contributed by atoms with Crippen LogP contribution in [0.3, 0.4) is 0 Å². The zero-order chi connectivity index (χ0) is 15.9. The molecule has 0 aliphatic carbocycles. The molecule has 1 N–H and O–H groups in total. The Morgan fingerprint density at radius 3 is 2.45 bits per heavy atom. The minimum absolute atomic E-state index is 0.142. The van der Waals surface area contributed by atoms with Crippen molar-refractivity contribution in [1.29, 1.82) is 0 Å². The molecule has 22 heavy (non-hydrogen) atoms. The summed E-state index contributed by atoms with van der Waals surface area (Å²) < 4.78 is 0. The molecule has 1 heterocycles. The van der Waals surface area contributed by atoms with E-state index in [0.29, 0.717) is 24.1 Å². The van der Waals surface area contributed by atoms with E-state index in [1.54, 1.807) is 11.1 Å². The Balaban J connectivity index is 2.14. The number of para-hydroxylation sites is 1. The van der Waals surface area contributed by atoms with E-state index in [4.69, 9.17) is 0 Å². The standard InChI is InChI=1S/C17H22N4O/c1-4-13(3)20-16-12-18-15(11-19-16)17(22)21(5-2)14-9-7-6-8-10-14/h6-13H,4-5H2,1-3H3,(H,19,20). The third-order valence-electron chi connectivity index (χ3n) is 3.51. The smallest absolute Gasteiger partial charge is 0.278 e. The van der Waals surface area contributed by atoms with Gasteiger partial charge in [0.2, 0.25) is 0 Å². The van der Waals surface area contributed by atoms with Crippen molar-refractivity contribution in [1.82, 2.24) is 9.97 Å². The van der Waals surface area contributed by atoms with Crippen LogP contribution in [0.1, 0.15) is 37.7 Å². The molecule has 0 fully saturated rings. The number of hydrogen-bond donors (Lipinski definition) is 1. The molecule has 1 unspecified atom stereocenters. The fourth-order valence-corrected chi connectivity index (χ4v) is 2.06. The molecule has 1 atom stereocenters. The molecule has 0 spiro atoms. The van der Waals surface area contributed by atoms with E-state index in [1.807, 2.05) is 37.3 Å². The number of nitrogens with zero attached hydrogens (tertiary/aromatic N) is 3. The zero-order valence-corrected chi connectivity index (χ0v) is 13.3. The molecule has 0 radical (unpaired) electrons. The van der Waals surface area contributed by atoms with Crippen LogP contribution in [-0.2, 0) is 0 Å². The van der Waals surface area contributed by atoms with Gasteiger partial charge in [0, 0.05) is 18.3 Å². The number of anilines is 2. The normalized spacial score (nSPS) is 11.8. The first kappa shape index (κ1) is 15.9. The second kappa shape index (κ2) is 7.54. The lowest BCUT2D eigenvalue weighted by molar-refractivity contribution is 0.0983. The predicted octanol–water partition coefficient (Wildman–Crippen LogP) is 3.35. The van der Waals surface area contributed by atoms with Crippen molar-refractivity contribution < 1.29 is 4.79 Å². The number of carbonyl (C=O) groups excluding carboxylic acids is 1. The molecule has 1 aromatic carbocycles. The van der Waals surface area contributed by atoms with Crippen LogP contribution in [0.5, 0.6) is 0 Å². The van der Waals surface area contributed by atoms with Gasteiger partial charge in [-0.1, -0.05) is 25.1 Å². The number of hydrogen-bond acceptors (Lipinski definition) is 4. The van der Waals surface area contributed by atoms with Crippen molar-refractivity contribution in [2.75, 3.05) is 16.8 Å². The summed E-state index contributed by atoms with van der Waals surface area (Å²) >= 11 is 0. The summed E-state index contributed by atoms with van der Waals surface area (Å²) in [6.45, 7) is 6.70. The van der Waals surface area contributed by atoms with Gasteiger partial charge in [-0.3, -0.25) is 4.79 Å². The van der Waals surface area contributed by atoms with E-state index in [1.165, 1.54) is 6.20 Å². The lowest BCUT2D eigenvalue weighted by atomic mass is 10.2. The molecule has 2 rings (SSSR count). The number of amides is 1. The summed E-state index contributed by atoms with van der Waals surface area (Å²) in [5.74, 6) is 0.546. The summed E-state index contributed by atoms with van der Waals surface area (Å²) in [7, 11) is 0. The number of rotatable bonds is 6. The first-order valence-corrected chi connectivity index (χ1v) is 7.61. The molecule has 2 aromatic rings. The second-order valence-electron chi connectivity index (χ2n) is 5.13. The van der Waals surface area contributed by atoms with Gasteiger partial charge in [0.05, 0.1) is 12.4 Å². The SMILES string of the molecule is CCC(C)Nc1cnc(C(=O)N(CC)c2ccccc2)cn1. The van der Waals surface area contributed by atoms with E-state index in [2.05, 4.69) is 29.1 Å². The van der Waals surface area contributed by atoms with Crippen LogP contribution in [0.15, 0.2) is 42.7 Å². The third-order valence-corrected chi connectivity index (χ3v) is 3.51. The summed E-state index contributed by atoms with van der Waals surface area (Å²) in [5.41, 5.74) is 1.21. The highest BCUT2D eigenvalue weighted by atomic mass is 16.2. The van der Waals surface area contributed by atoms with Crippen molar-refractivity contribution >= 4 is 17.4 Å². The quantitative estimate of drug-likeness (QED) is 0.888. The number of nitrogens with one attached hydrogen (secondary N) is 1. The minimum Gasteiger partial charge on any atom is -0.366 e. The molecule has 116 valence electrons. The maximum absolute atomic E-state index is 12.6. The van der Waals surface area contributed by atoms with Gasteiger partial charge in [-0.2, -0.15) is 0 Å². The Bertz CT molecular complexity index is 598. The molecule has 1 amide bonds. The predicted molar refractivity (Wildman–Crippen MR) is 89.2 cm³/mol. The van der Waals surface area contributed by atoms with E-state index in [0.717, 1.165) is 12.1 Å². The first-order valence-electron chi connectivity index (χ1n) is 7.61. The molecule has 5 heteroatoms. The maximum Gasteiger partial charge on any atom is 0.278 e. The molecule has 0 saturated heterocycles. The fraction of sp³-hybridized carbons (Fsp3) is 0.353. The molecular weight excluding hydrogens is 276 g/mol. The summed E-state index contributed by atoms with van der Waals surface area (Å²) in [6.07, 6.45) is 4.14. The minimum atomic E-state index is -0.142. The molecule has 0 aliphatic heterocycles. The maximum atomic E-state index is 12.6. The average molecular weight is 298 g/mol. The summed E-state index contributed by atoms with van der Waals surface area (Å²) in [4.78, 5) is 22.8.